The predicted molar refractivity (Wildman–Crippen MR) is 91.2 cm³/mol. The highest BCUT2D eigenvalue weighted by molar-refractivity contribution is 6.03. The van der Waals surface area contributed by atoms with Crippen molar-refractivity contribution in [2.75, 3.05) is 36.5 Å². The van der Waals surface area contributed by atoms with Gasteiger partial charge in [0.1, 0.15) is 5.82 Å². The number of morpholine rings is 1. The molecular weight excluding hydrogens is 306 g/mol. The minimum absolute atomic E-state index is 0.225. The molecular formula is C17H21N5O2. The number of aryl methyl sites for hydroxylation is 1. The summed E-state index contributed by atoms with van der Waals surface area (Å²) in [6.45, 7) is 4.85. The summed E-state index contributed by atoms with van der Waals surface area (Å²) in [7, 11) is 0. The number of hydrogen-bond donors (Lipinski definition) is 1. The molecule has 7 nitrogen and oxygen atoms in total. The zero-order chi connectivity index (χ0) is 16.8. The minimum Gasteiger partial charge on any atom is -0.378 e. The average Bonchev–Trinajstić information content (AvgIpc) is 2.63. The zero-order valence-electron chi connectivity index (χ0n) is 13.7. The van der Waals surface area contributed by atoms with Crippen LogP contribution in [0.3, 0.4) is 0 Å². The van der Waals surface area contributed by atoms with Crippen LogP contribution in [-0.4, -0.2) is 47.2 Å². The van der Waals surface area contributed by atoms with E-state index in [0.717, 1.165) is 25.9 Å². The Hall–Kier alpha value is -2.54. The number of aromatic nitrogens is 3. The Morgan fingerprint density at radius 2 is 1.92 bits per heavy atom. The third-order valence-electron chi connectivity index (χ3n) is 3.70. The first-order valence-corrected chi connectivity index (χ1v) is 8.20. The fraction of sp³-hybridized carbons (Fsp3) is 0.412. The Labute approximate surface area is 141 Å². The van der Waals surface area contributed by atoms with E-state index in [-0.39, 0.29) is 5.91 Å². The van der Waals surface area contributed by atoms with Gasteiger partial charge in [0.05, 0.1) is 13.2 Å². The van der Waals surface area contributed by atoms with Crippen molar-refractivity contribution in [2.45, 2.75) is 19.8 Å². The van der Waals surface area contributed by atoms with E-state index in [4.69, 9.17) is 4.74 Å². The van der Waals surface area contributed by atoms with Gasteiger partial charge in [-0.15, -0.1) is 0 Å². The molecule has 3 rings (SSSR count). The first-order valence-electron chi connectivity index (χ1n) is 8.20. The molecule has 1 aromatic heterocycles. The maximum Gasteiger partial charge on any atom is 0.258 e. The molecule has 1 saturated heterocycles. The topological polar surface area (TPSA) is 80.2 Å². The normalized spacial score (nSPS) is 14.5. The van der Waals surface area contributed by atoms with Gasteiger partial charge in [-0.3, -0.25) is 10.1 Å². The summed E-state index contributed by atoms with van der Waals surface area (Å²) in [6, 6.07) is 9.03. The second kappa shape index (κ2) is 7.83. The Morgan fingerprint density at radius 3 is 2.62 bits per heavy atom. The van der Waals surface area contributed by atoms with E-state index in [0.29, 0.717) is 36.5 Å². The molecule has 7 heteroatoms. The summed E-state index contributed by atoms with van der Waals surface area (Å²) >= 11 is 0. The SMILES string of the molecule is CCCc1nc(NC(=O)c2ccccc2)nc(N2CCOCC2)n1. The van der Waals surface area contributed by atoms with Gasteiger partial charge in [0.15, 0.2) is 0 Å². The summed E-state index contributed by atoms with van der Waals surface area (Å²) in [5.74, 6) is 1.36. The van der Waals surface area contributed by atoms with Gasteiger partial charge in [0, 0.05) is 25.1 Å². The van der Waals surface area contributed by atoms with Crippen LogP contribution < -0.4 is 10.2 Å². The van der Waals surface area contributed by atoms with Crippen LogP contribution >= 0.6 is 0 Å². The molecule has 0 saturated carbocycles. The van der Waals surface area contributed by atoms with Crippen LogP contribution in [0.5, 0.6) is 0 Å². The van der Waals surface area contributed by atoms with Crippen molar-refractivity contribution in [3.63, 3.8) is 0 Å². The Morgan fingerprint density at radius 1 is 1.17 bits per heavy atom. The Bertz CT molecular complexity index is 687. The molecule has 1 aliphatic rings. The van der Waals surface area contributed by atoms with Crippen molar-refractivity contribution in [1.29, 1.82) is 0 Å². The number of carbonyl (C=O) groups is 1. The smallest absolute Gasteiger partial charge is 0.258 e. The molecule has 1 aromatic carbocycles. The zero-order valence-corrected chi connectivity index (χ0v) is 13.7. The third-order valence-corrected chi connectivity index (χ3v) is 3.70. The number of rotatable bonds is 5. The highest BCUT2D eigenvalue weighted by atomic mass is 16.5. The van der Waals surface area contributed by atoms with Crippen LogP contribution in [0.15, 0.2) is 30.3 Å². The molecule has 0 bridgehead atoms. The van der Waals surface area contributed by atoms with Gasteiger partial charge in [0.25, 0.3) is 5.91 Å². The van der Waals surface area contributed by atoms with E-state index in [1.807, 2.05) is 18.2 Å². The highest BCUT2D eigenvalue weighted by Gasteiger charge is 2.17. The summed E-state index contributed by atoms with van der Waals surface area (Å²) in [5, 5.41) is 2.78. The molecule has 1 N–H and O–H groups in total. The molecule has 2 heterocycles. The number of benzene rings is 1. The summed E-state index contributed by atoms with van der Waals surface area (Å²) in [6.07, 6.45) is 1.67. The van der Waals surface area contributed by atoms with Crippen molar-refractivity contribution in [2.24, 2.45) is 0 Å². The molecule has 0 atom stereocenters. The van der Waals surface area contributed by atoms with Gasteiger partial charge in [-0.25, -0.2) is 0 Å². The number of ether oxygens (including phenoxy) is 1. The molecule has 1 amide bonds. The lowest BCUT2D eigenvalue weighted by Gasteiger charge is -2.27. The number of anilines is 2. The Kier molecular flexibility index (Phi) is 5.32. The fourth-order valence-corrected chi connectivity index (χ4v) is 2.47. The maximum absolute atomic E-state index is 12.3. The lowest BCUT2D eigenvalue weighted by Crippen LogP contribution is -2.37. The van der Waals surface area contributed by atoms with Gasteiger partial charge in [-0.2, -0.15) is 15.0 Å². The number of hydrogen-bond acceptors (Lipinski definition) is 6. The second-order valence-corrected chi connectivity index (χ2v) is 5.54. The molecule has 1 fully saturated rings. The van der Waals surface area contributed by atoms with Crippen LogP contribution in [0.4, 0.5) is 11.9 Å². The summed E-state index contributed by atoms with van der Waals surface area (Å²) in [4.78, 5) is 27.7. The molecule has 2 aromatic rings. The second-order valence-electron chi connectivity index (χ2n) is 5.54. The van der Waals surface area contributed by atoms with Crippen LogP contribution in [0.2, 0.25) is 0 Å². The molecule has 0 radical (unpaired) electrons. The molecule has 0 spiro atoms. The van der Waals surface area contributed by atoms with Gasteiger partial charge in [-0.05, 0) is 18.6 Å². The molecule has 0 aliphatic carbocycles. The van der Waals surface area contributed by atoms with Gasteiger partial charge in [-0.1, -0.05) is 25.1 Å². The van der Waals surface area contributed by atoms with Crippen molar-refractivity contribution < 1.29 is 9.53 Å². The quantitative estimate of drug-likeness (QED) is 0.903. The van der Waals surface area contributed by atoms with Crippen molar-refractivity contribution in [3.8, 4) is 0 Å². The van der Waals surface area contributed by atoms with Crippen LogP contribution in [-0.2, 0) is 11.2 Å². The number of amides is 1. The first kappa shape index (κ1) is 16.3. The lowest BCUT2D eigenvalue weighted by molar-refractivity contribution is 0.102. The molecule has 0 unspecified atom stereocenters. The van der Waals surface area contributed by atoms with Crippen molar-refractivity contribution >= 4 is 17.8 Å². The molecule has 126 valence electrons. The Balaban J connectivity index is 1.83. The van der Waals surface area contributed by atoms with Crippen LogP contribution in [0, 0.1) is 0 Å². The van der Waals surface area contributed by atoms with Crippen molar-refractivity contribution in [3.05, 3.63) is 41.7 Å². The van der Waals surface area contributed by atoms with E-state index in [2.05, 4.69) is 32.1 Å². The molecule has 24 heavy (non-hydrogen) atoms. The lowest BCUT2D eigenvalue weighted by atomic mass is 10.2. The van der Waals surface area contributed by atoms with Gasteiger partial charge < -0.3 is 9.64 Å². The predicted octanol–water partition coefficient (Wildman–Crippen LogP) is 1.91. The van der Waals surface area contributed by atoms with Crippen molar-refractivity contribution in [1.82, 2.24) is 15.0 Å². The monoisotopic (exact) mass is 327 g/mol. The molecule has 1 aliphatic heterocycles. The third kappa shape index (κ3) is 4.05. The van der Waals surface area contributed by atoms with Gasteiger partial charge in [0.2, 0.25) is 11.9 Å². The van der Waals surface area contributed by atoms with Crippen LogP contribution in [0.1, 0.15) is 29.5 Å². The van der Waals surface area contributed by atoms with E-state index < -0.39 is 0 Å². The van der Waals surface area contributed by atoms with Crippen LogP contribution in [0.25, 0.3) is 0 Å². The van der Waals surface area contributed by atoms with E-state index in [1.165, 1.54) is 0 Å². The standard InChI is InChI=1S/C17H21N5O2/c1-2-6-14-18-16(20-15(23)13-7-4-3-5-8-13)21-17(19-14)22-9-11-24-12-10-22/h3-5,7-8H,2,6,9-12H2,1H3,(H,18,19,20,21,23). The number of nitrogens with zero attached hydrogens (tertiary/aromatic N) is 4. The fourth-order valence-electron chi connectivity index (χ4n) is 2.47. The summed E-state index contributed by atoms with van der Waals surface area (Å²) in [5.41, 5.74) is 0.572. The largest absolute Gasteiger partial charge is 0.378 e. The minimum atomic E-state index is -0.225. The number of carbonyl (C=O) groups excluding carboxylic acids is 1. The van der Waals surface area contributed by atoms with Gasteiger partial charge >= 0.3 is 0 Å². The van der Waals surface area contributed by atoms with E-state index in [1.54, 1.807) is 12.1 Å². The highest BCUT2D eigenvalue weighted by Crippen LogP contribution is 2.14. The maximum atomic E-state index is 12.3. The number of nitrogens with one attached hydrogen (secondary N) is 1. The first-order chi connectivity index (χ1) is 11.8. The van der Waals surface area contributed by atoms with E-state index in [9.17, 15) is 4.79 Å². The summed E-state index contributed by atoms with van der Waals surface area (Å²) < 4.78 is 5.37. The average molecular weight is 327 g/mol. The van der Waals surface area contributed by atoms with E-state index >= 15 is 0 Å².